The molecule has 1 aliphatic heterocycles. The second kappa shape index (κ2) is 47.5. The summed E-state index contributed by atoms with van der Waals surface area (Å²) >= 11 is 0. The number of carboxylic acids is 4. The summed E-state index contributed by atoms with van der Waals surface area (Å²) in [5, 5.41) is 78.3. The van der Waals surface area contributed by atoms with Crippen molar-refractivity contribution in [1.82, 2.24) is 74.1 Å². The number of aliphatic hydroxyl groups is 1. The minimum absolute atomic E-state index is 0.0181. The van der Waals surface area contributed by atoms with Gasteiger partial charge < -0.3 is 122 Å². The van der Waals surface area contributed by atoms with Crippen molar-refractivity contribution in [2.45, 2.75) is 196 Å². The highest BCUT2D eigenvalue weighted by atomic mass is 16.5. The molecule has 1 fully saturated rings. The van der Waals surface area contributed by atoms with E-state index in [1.165, 1.54) is 24.3 Å². The first kappa shape index (κ1) is 93.7. The molecule has 4 rings (SSSR count). The van der Waals surface area contributed by atoms with Gasteiger partial charge in [-0.05, 0) is 62.4 Å². The highest BCUT2D eigenvalue weighted by Crippen LogP contribution is 2.21. The van der Waals surface area contributed by atoms with Crippen molar-refractivity contribution in [1.29, 1.82) is 0 Å². The number of carboxylic acid groups (broad SMARTS) is 4. The largest absolute Gasteiger partial charge is 0.481 e. The topological polar surface area (TPSA) is 702 Å². The number of aromatic nitrogens is 1. The molecule has 43 nitrogen and oxygen atoms in total. The number of esters is 1. The lowest BCUT2D eigenvalue weighted by atomic mass is 9.96. The van der Waals surface area contributed by atoms with Crippen molar-refractivity contribution < 1.29 is 126 Å². The molecule has 2 unspecified atom stereocenters. The summed E-state index contributed by atoms with van der Waals surface area (Å²) in [4.78, 5) is 275. The Kier molecular flexibility index (Phi) is 39.0. The molecular formula is C71H99N17O26. The zero-order chi connectivity index (χ0) is 84.9. The van der Waals surface area contributed by atoms with Crippen molar-refractivity contribution in [3.8, 4) is 0 Å². The maximum absolute atomic E-state index is 14.8. The van der Waals surface area contributed by atoms with Crippen LogP contribution in [0, 0.1) is 5.92 Å². The number of primary amides is 1. The van der Waals surface area contributed by atoms with E-state index in [0.717, 1.165) is 46.0 Å². The first-order valence-electron chi connectivity index (χ1n) is 36.4. The molecule has 1 aliphatic rings. The molecular weight excluding hydrogens is 1510 g/mol. The van der Waals surface area contributed by atoms with Crippen LogP contribution in [0.1, 0.15) is 139 Å². The molecule has 1 saturated heterocycles. The van der Waals surface area contributed by atoms with Crippen molar-refractivity contribution in [2.24, 2.45) is 17.4 Å². The number of anilines is 1. The van der Waals surface area contributed by atoms with E-state index in [1.54, 1.807) is 30.5 Å². The Hall–Kier alpha value is -12.7. The monoisotopic (exact) mass is 1610 g/mol. The lowest BCUT2D eigenvalue weighted by Crippen LogP contribution is -2.62. The van der Waals surface area contributed by atoms with E-state index in [9.17, 15) is 121 Å². The Morgan fingerprint density at radius 1 is 0.544 bits per heavy atom. The van der Waals surface area contributed by atoms with E-state index in [0.29, 0.717) is 29.3 Å². The molecule has 2 heterocycles. The second-order valence-electron chi connectivity index (χ2n) is 26.8. The molecule has 114 heavy (non-hydrogen) atoms. The molecule has 0 saturated carbocycles. The fourth-order valence-electron chi connectivity index (χ4n) is 11.6. The summed E-state index contributed by atoms with van der Waals surface area (Å²) in [5.74, 6) is -29.7. The first-order valence-corrected chi connectivity index (χ1v) is 36.4. The van der Waals surface area contributed by atoms with E-state index >= 15 is 0 Å². The zero-order valence-corrected chi connectivity index (χ0v) is 62.7. The number of benzene rings is 2. The number of carbonyl (C=O) groups excluding carboxylic acids is 16. The van der Waals surface area contributed by atoms with E-state index in [-0.39, 0.29) is 43.5 Å². The molecule has 3 aromatic rings. The fraction of sp³-hybridized carbons (Fsp3) is 0.521. The number of amides is 14. The Morgan fingerprint density at radius 3 is 1.63 bits per heavy atom. The molecule has 14 amide bonds. The molecule has 43 heteroatoms. The van der Waals surface area contributed by atoms with Gasteiger partial charge in [-0.1, -0.05) is 82.7 Å². The molecule has 1 aromatic heterocycles. The van der Waals surface area contributed by atoms with E-state index < -0.39 is 256 Å². The molecule has 0 bridgehead atoms. The van der Waals surface area contributed by atoms with Gasteiger partial charge in [0.25, 0.3) is 0 Å². The lowest BCUT2D eigenvalue weighted by Gasteiger charge is -2.30. The van der Waals surface area contributed by atoms with E-state index in [1.807, 2.05) is 21.3 Å². The molecule has 624 valence electrons. The van der Waals surface area contributed by atoms with Gasteiger partial charge in [0.1, 0.15) is 66.5 Å². The number of hydrogen-bond acceptors (Lipinski definition) is 24. The third-order valence-corrected chi connectivity index (χ3v) is 17.6. The Bertz CT molecular complexity index is 4000. The Morgan fingerprint density at radius 2 is 1.06 bits per heavy atom. The van der Waals surface area contributed by atoms with Crippen LogP contribution in [0.15, 0.2) is 54.7 Å². The number of carbonyl (C=O) groups is 20. The van der Waals surface area contributed by atoms with Crippen LogP contribution in [0.4, 0.5) is 5.69 Å². The van der Waals surface area contributed by atoms with Crippen LogP contribution >= 0.6 is 0 Å². The van der Waals surface area contributed by atoms with Crippen LogP contribution < -0.4 is 86.3 Å². The number of fused-ring (bicyclic) bond motifs is 1. The average Bonchev–Trinajstić information content (AvgIpc) is 1.66. The van der Waals surface area contributed by atoms with Crippen molar-refractivity contribution in [3.05, 3.63) is 65.9 Å². The SMILES string of the molecule is CCCCCCCCCC(=O)N[C@@H](Cc1c[nH]c2ccccc12)C(=O)N[C@H](CC(N)=O)C(=O)N[C@@H](CC(=O)O)C(=O)NC1C(=O)NCC(=O)N[C@@H](CCCN)C(=O)N[C@@H](CC(=O)O)C(=O)NCC(=O)N[C@@H](CC(=O)O)C(=O)NCC(=O)N[C@H](CO)C(=O)N[C@H]([C@@H](C)CC(=O)O)C(=O)NC(CC(=O)c2ccccc2N)C(=O)O[C@H]1C. The average molecular weight is 1610 g/mol. The van der Waals surface area contributed by atoms with Gasteiger partial charge in [0.15, 0.2) is 5.78 Å². The standard InChI is InChI=1S/C71H99N17O26/c1-4-5-6-7-8-9-10-21-52(92)80-43(24-37-30-75-41-19-14-12-16-38(37)41)65(107)83-44(26-51(74)91)66(108)85-47(29-59(102)103)67(109)88-61-36(3)114-71(113)48(25-50(90)39-17-11-13-18-40(39)73)86-70(112)60(35(2)23-56(96)97)87-68(110)49(34-89)82-55(95)32-76-62(104)45(27-57(98)99)81-54(94)31-77-63(105)46(28-58(100)101)84-64(106)42(20-15-22-72)79-53(93)33-78-69(61)111/h11-14,16-19,30,35-36,42-49,60-61,75,89H,4-10,15,20-29,31-34,72-73H2,1-3H3,(H2,74,91)(H,76,104)(H,77,105)(H,78,111)(H,79,93)(H,80,92)(H,81,94)(H,82,95)(H,83,107)(H,84,106)(H,85,108)(H,86,112)(H,87,110)(H,88,109)(H,96,97)(H,98,99)(H,100,101)(H,102,103)/t35-,36-,42-,43-,44+,45-,46-,47-,48?,49+,60+,61?/m0/s1. The summed E-state index contributed by atoms with van der Waals surface area (Å²) in [6, 6.07) is -8.70. The number of para-hydroxylation sites is 2. The van der Waals surface area contributed by atoms with Crippen molar-refractivity contribution in [3.63, 3.8) is 0 Å². The molecule has 2 aromatic carbocycles. The van der Waals surface area contributed by atoms with Gasteiger partial charge in [0.2, 0.25) is 82.7 Å². The predicted molar refractivity (Wildman–Crippen MR) is 396 cm³/mol. The second-order valence-corrected chi connectivity index (χ2v) is 26.8. The summed E-state index contributed by atoms with van der Waals surface area (Å²) in [6.07, 6.45) is -2.30. The number of aliphatic hydroxyl groups excluding tert-OH is 1. The van der Waals surface area contributed by atoms with E-state index in [4.69, 9.17) is 21.9 Å². The number of cyclic esters (lactones) is 1. The summed E-state index contributed by atoms with van der Waals surface area (Å²) < 4.78 is 5.67. The third kappa shape index (κ3) is 32.3. The fourth-order valence-corrected chi connectivity index (χ4v) is 11.6. The minimum Gasteiger partial charge on any atom is -0.481 e. The number of aromatic amines is 1. The van der Waals surface area contributed by atoms with Gasteiger partial charge in [0.05, 0.1) is 58.3 Å². The molecule has 25 N–H and O–H groups in total. The van der Waals surface area contributed by atoms with Crippen LogP contribution in [0.25, 0.3) is 10.9 Å². The highest BCUT2D eigenvalue weighted by Gasteiger charge is 2.41. The van der Waals surface area contributed by atoms with Crippen molar-refractivity contribution in [2.75, 3.05) is 38.5 Å². The molecule has 0 aliphatic carbocycles. The Labute approximate surface area is 651 Å². The van der Waals surface area contributed by atoms with Gasteiger partial charge >= 0.3 is 29.8 Å². The first-order chi connectivity index (χ1) is 53.9. The number of H-pyrrole nitrogens is 1. The van der Waals surface area contributed by atoms with Crippen LogP contribution in [-0.2, 0) is 102 Å². The Balaban J connectivity index is 1.86. The van der Waals surface area contributed by atoms with Gasteiger partial charge in [-0.15, -0.1) is 0 Å². The van der Waals surface area contributed by atoms with Crippen LogP contribution in [0.3, 0.4) is 0 Å². The maximum Gasteiger partial charge on any atom is 0.329 e. The smallest absolute Gasteiger partial charge is 0.329 e. The quantitative estimate of drug-likeness (QED) is 0.0113. The number of nitrogen functional groups attached to an aromatic ring is 1. The number of nitrogens with two attached hydrogens (primary N) is 3. The minimum atomic E-state index is -2.45. The number of hydrogen-bond donors (Lipinski definition) is 22. The zero-order valence-electron chi connectivity index (χ0n) is 62.7. The number of ketones is 1. The van der Waals surface area contributed by atoms with Gasteiger partial charge in [-0.2, -0.15) is 0 Å². The predicted octanol–water partition coefficient (Wildman–Crippen LogP) is -6.01. The summed E-state index contributed by atoms with van der Waals surface area (Å²) in [7, 11) is 0. The number of unbranched alkanes of at least 4 members (excludes halogenated alkanes) is 6. The van der Waals surface area contributed by atoms with Crippen LogP contribution in [0.2, 0.25) is 0 Å². The maximum atomic E-state index is 14.8. The number of ether oxygens (including phenoxy) is 1. The normalized spacial score (nSPS) is 20.6. The lowest BCUT2D eigenvalue weighted by molar-refractivity contribution is -0.156. The van der Waals surface area contributed by atoms with Crippen molar-refractivity contribution >= 4 is 135 Å². The number of Topliss-reactive ketones (excluding diaryl/α,β-unsaturated/α-hetero) is 1. The van der Waals surface area contributed by atoms with E-state index in [2.05, 4.69) is 59.8 Å². The van der Waals surface area contributed by atoms with Gasteiger partial charge in [-0.3, -0.25) is 91.1 Å². The molecule has 0 radical (unpaired) electrons. The summed E-state index contributed by atoms with van der Waals surface area (Å²) in [5.41, 5.74) is 18.1. The third-order valence-electron chi connectivity index (χ3n) is 17.6. The molecule has 12 atom stereocenters. The van der Waals surface area contributed by atoms with Crippen LogP contribution in [-0.4, -0.2) is 248 Å². The number of nitrogens with one attached hydrogen (secondary N) is 14. The summed E-state index contributed by atoms with van der Waals surface area (Å²) in [6.45, 7) is -1.00. The highest BCUT2D eigenvalue weighted by molar-refractivity contribution is 6.05. The number of aliphatic carboxylic acids is 4. The molecule has 0 spiro atoms. The van der Waals surface area contributed by atoms with Gasteiger partial charge in [0, 0.05) is 47.6 Å². The number of rotatable bonds is 35. The van der Waals surface area contributed by atoms with Crippen LogP contribution in [0.5, 0.6) is 0 Å². The van der Waals surface area contributed by atoms with Gasteiger partial charge in [-0.25, -0.2) is 4.79 Å².